The minimum Gasteiger partial charge on any atom is -0.481 e. The zero-order valence-corrected chi connectivity index (χ0v) is 14.1. The molecular formula is C19H15N3O2S. The minimum atomic E-state index is -0.861. The monoisotopic (exact) mass is 349 g/mol. The summed E-state index contributed by atoms with van der Waals surface area (Å²) in [5, 5.41) is 11.5. The van der Waals surface area contributed by atoms with E-state index >= 15 is 0 Å². The number of rotatable bonds is 5. The Morgan fingerprint density at radius 3 is 2.72 bits per heavy atom. The number of nitrogens with zero attached hydrogens (tertiary/aromatic N) is 3. The van der Waals surface area contributed by atoms with Crippen molar-refractivity contribution in [2.45, 2.75) is 13.0 Å². The molecule has 2 heterocycles. The lowest BCUT2D eigenvalue weighted by Gasteiger charge is -2.05. The lowest BCUT2D eigenvalue weighted by molar-refractivity contribution is -0.136. The van der Waals surface area contributed by atoms with Gasteiger partial charge in [0.05, 0.1) is 29.5 Å². The number of para-hydroxylation sites is 2. The molecule has 0 aliphatic heterocycles. The Morgan fingerprint density at radius 2 is 1.92 bits per heavy atom. The first-order valence-electron chi connectivity index (χ1n) is 7.84. The van der Waals surface area contributed by atoms with Crippen LogP contribution in [0.3, 0.4) is 0 Å². The van der Waals surface area contributed by atoms with E-state index < -0.39 is 5.97 Å². The van der Waals surface area contributed by atoms with E-state index in [1.54, 1.807) is 5.38 Å². The fraction of sp³-hybridized carbons (Fsp3) is 0.105. The molecule has 2 aromatic heterocycles. The van der Waals surface area contributed by atoms with Crippen molar-refractivity contribution >= 4 is 28.3 Å². The van der Waals surface area contributed by atoms with Gasteiger partial charge < -0.3 is 9.67 Å². The quantitative estimate of drug-likeness (QED) is 0.594. The van der Waals surface area contributed by atoms with Gasteiger partial charge in [-0.1, -0.05) is 36.4 Å². The number of carboxylic acids is 1. The third kappa shape index (κ3) is 3.29. The van der Waals surface area contributed by atoms with Crippen LogP contribution in [0.5, 0.6) is 0 Å². The molecule has 0 amide bonds. The lowest BCUT2D eigenvalue weighted by Crippen LogP contribution is -2.00. The van der Waals surface area contributed by atoms with Gasteiger partial charge in [-0.05, 0) is 17.7 Å². The number of benzene rings is 2. The van der Waals surface area contributed by atoms with Gasteiger partial charge in [0.1, 0.15) is 5.01 Å². The molecule has 5 nitrogen and oxygen atoms in total. The average molecular weight is 349 g/mol. The maximum absolute atomic E-state index is 10.8. The first-order chi connectivity index (χ1) is 12.2. The SMILES string of the molecule is O=C(O)Cc1csc(-c2ccc(Cn3cnc4ccccc43)cc2)n1. The summed E-state index contributed by atoms with van der Waals surface area (Å²) in [5.74, 6) is -0.861. The summed E-state index contributed by atoms with van der Waals surface area (Å²) in [5.41, 5.74) is 4.88. The van der Waals surface area contributed by atoms with Gasteiger partial charge in [-0.2, -0.15) is 0 Å². The summed E-state index contributed by atoms with van der Waals surface area (Å²) in [6, 6.07) is 16.3. The lowest BCUT2D eigenvalue weighted by atomic mass is 10.1. The molecule has 4 aromatic rings. The molecule has 6 heteroatoms. The van der Waals surface area contributed by atoms with Crippen molar-refractivity contribution in [2.75, 3.05) is 0 Å². The maximum Gasteiger partial charge on any atom is 0.309 e. The van der Waals surface area contributed by atoms with Gasteiger partial charge in [0.25, 0.3) is 0 Å². The zero-order valence-electron chi connectivity index (χ0n) is 13.3. The molecule has 0 radical (unpaired) electrons. The maximum atomic E-state index is 10.8. The van der Waals surface area contributed by atoms with Crippen molar-refractivity contribution in [1.82, 2.24) is 14.5 Å². The second kappa shape index (κ2) is 6.49. The molecule has 4 rings (SSSR count). The fourth-order valence-corrected chi connectivity index (χ4v) is 3.59. The fourth-order valence-electron chi connectivity index (χ4n) is 2.76. The van der Waals surface area contributed by atoms with Crippen LogP contribution in [0, 0.1) is 0 Å². The number of carbonyl (C=O) groups is 1. The van der Waals surface area contributed by atoms with Gasteiger partial charge in [0.15, 0.2) is 0 Å². The molecule has 25 heavy (non-hydrogen) atoms. The molecule has 0 bridgehead atoms. The highest BCUT2D eigenvalue weighted by molar-refractivity contribution is 7.13. The number of aromatic nitrogens is 3. The summed E-state index contributed by atoms with van der Waals surface area (Å²) in [4.78, 5) is 19.6. The molecule has 0 aliphatic carbocycles. The Balaban J connectivity index is 1.54. The molecular weight excluding hydrogens is 334 g/mol. The zero-order chi connectivity index (χ0) is 17.2. The second-order valence-electron chi connectivity index (χ2n) is 5.77. The van der Waals surface area contributed by atoms with Gasteiger partial charge in [-0.15, -0.1) is 11.3 Å². The van der Waals surface area contributed by atoms with Crippen LogP contribution in [0.25, 0.3) is 21.6 Å². The Labute approximate surface area is 148 Å². The standard InChI is InChI=1S/C19H15N3O2S/c23-18(24)9-15-11-25-19(21-15)14-7-5-13(6-8-14)10-22-12-20-16-3-1-2-4-17(16)22/h1-8,11-12H,9-10H2,(H,23,24). The minimum absolute atomic E-state index is 0.0394. The van der Waals surface area contributed by atoms with E-state index in [2.05, 4.69) is 32.7 Å². The molecule has 0 saturated heterocycles. The van der Waals surface area contributed by atoms with Crippen LogP contribution in [0.15, 0.2) is 60.2 Å². The highest BCUT2D eigenvalue weighted by Crippen LogP contribution is 2.25. The van der Waals surface area contributed by atoms with E-state index in [0.29, 0.717) is 5.69 Å². The number of thiazole rings is 1. The molecule has 0 saturated carbocycles. The third-order valence-electron chi connectivity index (χ3n) is 3.97. The number of fused-ring (bicyclic) bond motifs is 1. The van der Waals surface area contributed by atoms with E-state index in [1.807, 2.05) is 36.7 Å². The Hall–Kier alpha value is -2.99. The predicted molar refractivity (Wildman–Crippen MR) is 97.7 cm³/mol. The van der Waals surface area contributed by atoms with Crippen molar-refractivity contribution in [1.29, 1.82) is 0 Å². The van der Waals surface area contributed by atoms with Crippen LogP contribution in [0.1, 0.15) is 11.3 Å². The van der Waals surface area contributed by atoms with E-state index in [1.165, 1.54) is 16.9 Å². The normalized spacial score (nSPS) is 11.0. The van der Waals surface area contributed by atoms with E-state index in [4.69, 9.17) is 5.11 Å². The van der Waals surface area contributed by atoms with E-state index in [9.17, 15) is 4.79 Å². The summed E-state index contributed by atoms with van der Waals surface area (Å²) < 4.78 is 2.12. The number of hydrogen-bond acceptors (Lipinski definition) is 4. The summed E-state index contributed by atoms with van der Waals surface area (Å²) in [6.07, 6.45) is 1.82. The Bertz CT molecular complexity index is 1030. The predicted octanol–water partition coefficient (Wildman–Crippen LogP) is 3.84. The van der Waals surface area contributed by atoms with Crippen LogP contribution >= 0.6 is 11.3 Å². The molecule has 2 aromatic carbocycles. The topological polar surface area (TPSA) is 68.0 Å². The van der Waals surface area contributed by atoms with Crippen LogP contribution in [0.4, 0.5) is 0 Å². The molecule has 0 fully saturated rings. The van der Waals surface area contributed by atoms with Crippen molar-refractivity contribution in [2.24, 2.45) is 0 Å². The molecule has 0 spiro atoms. The Kier molecular flexibility index (Phi) is 4.03. The first-order valence-corrected chi connectivity index (χ1v) is 8.72. The Morgan fingerprint density at radius 1 is 1.12 bits per heavy atom. The summed E-state index contributed by atoms with van der Waals surface area (Å²) in [6.45, 7) is 0.753. The third-order valence-corrected chi connectivity index (χ3v) is 4.91. The van der Waals surface area contributed by atoms with Crippen molar-refractivity contribution in [3.05, 3.63) is 71.5 Å². The number of hydrogen-bond donors (Lipinski definition) is 1. The number of carboxylic acid groups (broad SMARTS) is 1. The van der Waals surface area contributed by atoms with Crippen molar-refractivity contribution < 1.29 is 9.90 Å². The number of imidazole rings is 1. The van der Waals surface area contributed by atoms with E-state index in [-0.39, 0.29) is 6.42 Å². The van der Waals surface area contributed by atoms with Gasteiger partial charge >= 0.3 is 5.97 Å². The van der Waals surface area contributed by atoms with Gasteiger partial charge in [-0.25, -0.2) is 9.97 Å². The molecule has 0 aliphatic rings. The van der Waals surface area contributed by atoms with Crippen LogP contribution in [0.2, 0.25) is 0 Å². The van der Waals surface area contributed by atoms with Crippen LogP contribution < -0.4 is 0 Å². The highest BCUT2D eigenvalue weighted by atomic mass is 32.1. The molecule has 1 N–H and O–H groups in total. The molecule has 124 valence electrons. The highest BCUT2D eigenvalue weighted by Gasteiger charge is 2.08. The largest absolute Gasteiger partial charge is 0.481 e. The molecule has 0 atom stereocenters. The van der Waals surface area contributed by atoms with Crippen molar-refractivity contribution in [3.8, 4) is 10.6 Å². The van der Waals surface area contributed by atoms with E-state index in [0.717, 1.165) is 28.1 Å². The van der Waals surface area contributed by atoms with Crippen LogP contribution in [-0.4, -0.2) is 25.6 Å². The smallest absolute Gasteiger partial charge is 0.309 e. The summed E-state index contributed by atoms with van der Waals surface area (Å²) >= 11 is 1.47. The van der Waals surface area contributed by atoms with Gasteiger partial charge in [-0.3, -0.25) is 4.79 Å². The van der Waals surface area contributed by atoms with Gasteiger partial charge in [0.2, 0.25) is 0 Å². The average Bonchev–Trinajstić information content (AvgIpc) is 3.23. The summed E-state index contributed by atoms with van der Waals surface area (Å²) in [7, 11) is 0. The molecule has 0 unspecified atom stereocenters. The second-order valence-corrected chi connectivity index (χ2v) is 6.63. The number of aliphatic carboxylic acids is 1. The van der Waals surface area contributed by atoms with Gasteiger partial charge in [0, 0.05) is 17.5 Å². The van der Waals surface area contributed by atoms with Crippen LogP contribution in [-0.2, 0) is 17.8 Å². The van der Waals surface area contributed by atoms with Crippen molar-refractivity contribution in [3.63, 3.8) is 0 Å². The first kappa shape index (κ1) is 15.5.